The lowest BCUT2D eigenvalue weighted by Crippen LogP contribution is -2.38. The van der Waals surface area contributed by atoms with Crippen LogP contribution in [0.1, 0.15) is 23.6 Å². The van der Waals surface area contributed by atoms with Gasteiger partial charge in [-0.3, -0.25) is 14.3 Å². The second kappa shape index (κ2) is 8.48. The lowest BCUT2D eigenvalue weighted by Gasteiger charge is -2.25. The number of nitrogens with zero attached hydrogens (tertiary/aromatic N) is 2. The molecule has 0 aliphatic rings. The Morgan fingerprint density at radius 1 is 1.03 bits per heavy atom. The predicted octanol–water partition coefficient (Wildman–Crippen LogP) is 3.21. The topological polar surface area (TPSA) is 84.1 Å². The summed E-state index contributed by atoms with van der Waals surface area (Å²) < 4.78 is 40.3. The number of nitrogens with two attached hydrogens (primary N) is 1. The molecule has 0 unspecified atom stereocenters. The van der Waals surface area contributed by atoms with Gasteiger partial charge in [-0.2, -0.15) is 13.2 Å². The first-order valence-corrected chi connectivity index (χ1v) is 9.28. The Morgan fingerprint density at radius 2 is 1.70 bits per heavy atom. The van der Waals surface area contributed by atoms with Gasteiger partial charge in [0.05, 0.1) is 12.1 Å². The summed E-state index contributed by atoms with van der Waals surface area (Å²) in [4.78, 5) is 28.6. The zero-order valence-electron chi connectivity index (χ0n) is 16.2. The summed E-state index contributed by atoms with van der Waals surface area (Å²) in [6.45, 7) is 2.22. The van der Waals surface area contributed by atoms with E-state index in [0.29, 0.717) is 12.1 Å². The average molecular weight is 418 g/mol. The number of anilines is 2. The van der Waals surface area contributed by atoms with E-state index in [0.717, 1.165) is 17.7 Å². The van der Waals surface area contributed by atoms with E-state index in [-0.39, 0.29) is 24.6 Å². The number of aromatic nitrogens is 2. The molecule has 0 aliphatic carbocycles. The number of halogens is 3. The standard InChI is InChI=1S/C21H21F3N4O2/c1-2-27(12-15-9-6-10-16(11-15)21(22,23)24)17-18(25)28(20(30)26-19(17)29)13-14-7-4-3-5-8-14/h3-11H,2,12-13,25H2,1H3,(H,26,29,30). The molecule has 3 rings (SSSR count). The quantitative estimate of drug-likeness (QED) is 0.644. The number of hydrogen-bond donors (Lipinski definition) is 2. The van der Waals surface area contributed by atoms with Gasteiger partial charge in [0.25, 0.3) is 5.56 Å². The molecular formula is C21H21F3N4O2. The molecule has 2 aromatic carbocycles. The highest BCUT2D eigenvalue weighted by atomic mass is 19.4. The van der Waals surface area contributed by atoms with Crippen LogP contribution >= 0.6 is 0 Å². The number of hydrogen-bond acceptors (Lipinski definition) is 4. The Bertz CT molecular complexity index is 1140. The van der Waals surface area contributed by atoms with Crippen molar-refractivity contribution in [3.05, 3.63) is 92.1 Å². The van der Waals surface area contributed by atoms with Crippen LogP contribution in [0.4, 0.5) is 24.7 Å². The van der Waals surface area contributed by atoms with Gasteiger partial charge in [-0.15, -0.1) is 0 Å². The predicted molar refractivity (Wildman–Crippen MR) is 109 cm³/mol. The van der Waals surface area contributed by atoms with Crippen LogP contribution in [0.3, 0.4) is 0 Å². The van der Waals surface area contributed by atoms with Crippen LogP contribution in [0.25, 0.3) is 0 Å². The molecule has 1 aromatic heterocycles. The van der Waals surface area contributed by atoms with Crippen molar-refractivity contribution in [2.24, 2.45) is 0 Å². The van der Waals surface area contributed by atoms with Crippen LogP contribution in [-0.2, 0) is 19.3 Å². The molecule has 0 radical (unpaired) electrons. The number of benzene rings is 2. The molecule has 30 heavy (non-hydrogen) atoms. The van der Waals surface area contributed by atoms with Crippen LogP contribution in [0, 0.1) is 0 Å². The molecule has 0 saturated carbocycles. The van der Waals surface area contributed by atoms with Crippen molar-refractivity contribution in [2.75, 3.05) is 17.2 Å². The third kappa shape index (κ3) is 4.56. The maximum Gasteiger partial charge on any atom is 0.416 e. The van der Waals surface area contributed by atoms with E-state index >= 15 is 0 Å². The Hall–Kier alpha value is -3.49. The van der Waals surface area contributed by atoms with Crippen molar-refractivity contribution < 1.29 is 13.2 Å². The average Bonchev–Trinajstić information content (AvgIpc) is 2.70. The summed E-state index contributed by atoms with van der Waals surface area (Å²) >= 11 is 0. The Kier molecular flexibility index (Phi) is 6.00. The van der Waals surface area contributed by atoms with Gasteiger partial charge in [0.1, 0.15) is 11.5 Å². The van der Waals surface area contributed by atoms with Gasteiger partial charge in [-0.05, 0) is 30.2 Å². The molecule has 0 fully saturated rings. The third-order valence-electron chi connectivity index (χ3n) is 4.72. The van der Waals surface area contributed by atoms with Gasteiger partial charge >= 0.3 is 11.9 Å². The molecule has 158 valence electrons. The maximum absolute atomic E-state index is 13.0. The van der Waals surface area contributed by atoms with E-state index < -0.39 is 23.0 Å². The molecule has 6 nitrogen and oxygen atoms in total. The Balaban J connectivity index is 2.00. The second-order valence-corrected chi connectivity index (χ2v) is 6.78. The number of alkyl halides is 3. The minimum absolute atomic E-state index is 0.0250. The minimum atomic E-state index is -4.47. The molecule has 3 aromatic rings. The normalized spacial score (nSPS) is 11.5. The fraction of sp³-hybridized carbons (Fsp3) is 0.238. The van der Waals surface area contributed by atoms with Crippen LogP contribution in [-0.4, -0.2) is 16.1 Å². The van der Waals surface area contributed by atoms with Crippen LogP contribution < -0.4 is 21.9 Å². The van der Waals surface area contributed by atoms with E-state index in [4.69, 9.17) is 5.73 Å². The zero-order chi connectivity index (χ0) is 21.9. The van der Waals surface area contributed by atoms with Crippen LogP contribution in [0.5, 0.6) is 0 Å². The van der Waals surface area contributed by atoms with Crippen LogP contribution in [0.15, 0.2) is 64.2 Å². The third-order valence-corrected chi connectivity index (χ3v) is 4.72. The van der Waals surface area contributed by atoms with E-state index in [9.17, 15) is 22.8 Å². The first kappa shape index (κ1) is 21.2. The molecule has 9 heteroatoms. The van der Waals surface area contributed by atoms with E-state index in [2.05, 4.69) is 4.98 Å². The molecule has 3 N–H and O–H groups in total. The number of nitrogen functional groups attached to an aromatic ring is 1. The highest BCUT2D eigenvalue weighted by molar-refractivity contribution is 5.62. The monoisotopic (exact) mass is 418 g/mol. The Morgan fingerprint density at radius 3 is 2.33 bits per heavy atom. The van der Waals surface area contributed by atoms with Gasteiger partial charge in [0.2, 0.25) is 0 Å². The molecule has 0 aliphatic heterocycles. The SMILES string of the molecule is CCN(Cc1cccc(C(F)(F)F)c1)c1c(N)n(Cc2ccccc2)c(=O)[nH]c1=O. The molecule has 0 atom stereocenters. The molecule has 0 spiro atoms. The van der Waals surface area contributed by atoms with Crippen molar-refractivity contribution in [3.63, 3.8) is 0 Å². The summed E-state index contributed by atoms with van der Waals surface area (Å²) in [5.41, 5.74) is 5.30. The Labute approximate surface area is 170 Å². The van der Waals surface area contributed by atoms with Crippen molar-refractivity contribution in [1.82, 2.24) is 9.55 Å². The molecule has 0 amide bonds. The van der Waals surface area contributed by atoms with Gasteiger partial charge < -0.3 is 10.6 Å². The molecular weight excluding hydrogens is 397 g/mol. The first-order valence-electron chi connectivity index (χ1n) is 9.28. The maximum atomic E-state index is 13.0. The fourth-order valence-electron chi connectivity index (χ4n) is 3.22. The summed E-state index contributed by atoms with van der Waals surface area (Å²) in [5.74, 6) is -0.0403. The second-order valence-electron chi connectivity index (χ2n) is 6.78. The highest BCUT2D eigenvalue weighted by Crippen LogP contribution is 2.30. The van der Waals surface area contributed by atoms with Crippen LogP contribution in [0.2, 0.25) is 0 Å². The molecule has 0 saturated heterocycles. The number of nitrogens with one attached hydrogen (secondary N) is 1. The minimum Gasteiger partial charge on any atom is -0.383 e. The van der Waals surface area contributed by atoms with Gasteiger partial charge in [-0.25, -0.2) is 4.79 Å². The van der Waals surface area contributed by atoms with E-state index in [1.54, 1.807) is 17.9 Å². The number of rotatable bonds is 6. The summed E-state index contributed by atoms with van der Waals surface area (Å²) in [6, 6.07) is 14.0. The highest BCUT2D eigenvalue weighted by Gasteiger charge is 2.30. The number of H-pyrrole nitrogens is 1. The smallest absolute Gasteiger partial charge is 0.383 e. The molecule has 1 heterocycles. The zero-order valence-corrected chi connectivity index (χ0v) is 16.2. The number of aromatic amines is 1. The van der Waals surface area contributed by atoms with Crippen molar-refractivity contribution in [2.45, 2.75) is 26.2 Å². The van der Waals surface area contributed by atoms with Gasteiger partial charge in [0.15, 0.2) is 0 Å². The van der Waals surface area contributed by atoms with Crippen molar-refractivity contribution in [1.29, 1.82) is 0 Å². The van der Waals surface area contributed by atoms with Gasteiger partial charge in [0, 0.05) is 13.1 Å². The van der Waals surface area contributed by atoms with Crippen molar-refractivity contribution >= 4 is 11.5 Å². The molecule has 0 bridgehead atoms. The summed E-state index contributed by atoms with van der Waals surface area (Å²) in [6.07, 6.45) is -4.47. The first-order chi connectivity index (χ1) is 14.2. The lowest BCUT2D eigenvalue weighted by molar-refractivity contribution is -0.137. The lowest BCUT2D eigenvalue weighted by atomic mass is 10.1. The fourth-order valence-corrected chi connectivity index (χ4v) is 3.22. The van der Waals surface area contributed by atoms with Gasteiger partial charge in [-0.1, -0.05) is 42.5 Å². The summed E-state index contributed by atoms with van der Waals surface area (Å²) in [5, 5.41) is 0. The van der Waals surface area contributed by atoms with Crippen molar-refractivity contribution in [3.8, 4) is 0 Å². The van der Waals surface area contributed by atoms with E-state index in [1.165, 1.54) is 10.6 Å². The largest absolute Gasteiger partial charge is 0.416 e. The van der Waals surface area contributed by atoms with E-state index in [1.807, 2.05) is 30.3 Å². The summed E-state index contributed by atoms with van der Waals surface area (Å²) in [7, 11) is 0.